The summed E-state index contributed by atoms with van der Waals surface area (Å²) in [6.07, 6.45) is 7.46. The molecule has 82 valence electrons. The van der Waals surface area contributed by atoms with Crippen LogP contribution in [0.3, 0.4) is 0 Å². The Labute approximate surface area is 92.6 Å². The summed E-state index contributed by atoms with van der Waals surface area (Å²) >= 11 is 0. The van der Waals surface area contributed by atoms with Crippen LogP contribution < -0.4 is 0 Å². The van der Waals surface area contributed by atoms with E-state index in [2.05, 4.69) is 26.5 Å². The average Bonchev–Trinajstić information content (AvgIpc) is 2.18. The predicted molar refractivity (Wildman–Crippen MR) is 64.7 cm³/mol. The van der Waals surface area contributed by atoms with E-state index in [4.69, 9.17) is 0 Å². The molecule has 1 heteroatoms. The number of allylic oxidation sites excluding steroid dienone is 5. The lowest BCUT2D eigenvalue weighted by molar-refractivity contribution is -0.111. The molecule has 1 nitrogen and oxygen atoms in total. The van der Waals surface area contributed by atoms with E-state index in [1.165, 1.54) is 17.6 Å². The van der Waals surface area contributed by atoms with E-state index in [0.717, 1.165) is 12.8 Å². The third-order valence-corrected chi connectivity index (χ3v) is 3.06. The van der Waals surface area contributed by atoms with Crippen LogP contribution in [0.1, 0.15) is 40.0 Å². The van der Waals surface area contributed by atoms with Crippen LogP contribution in [-0.4, -0.2) is 5.78 Å². The van der Waals surface area contributed by atoms with E-state index in [9.17, 15) is 4.79 Å². The Balaban J connectivity index is 2.65. The van der Waals surface area contributed by atoms with Crippen molar-refractivity contribution in [2.24, 2.45) is 5.92 Å². The lowest BCUT2D eigenvalue weighted by Crippen LogP contribution is -2.08. The molecule has 0 radical (unpaired) electrons. The molecule has 0 saturated heterocycles. The van der Waals surface area contributed by atoms with Crippen LogP contribution in [0.15, 0.2) is 35.5 Å². The third-order valence-electron chi connectivity index (χ3n) is 3.06. The highest BCUT2D eigenvalue weighted by Gasteiger charge is 2.14. The Bertz CT molecular complexity index is 331. The van der Waals surface area contributed by atoms with Crippen molar-refractivity contribution in [3.8, 4) is 0 Å². The Hall–Kier alpha value is -1.11. The van der Waals surface area contributed by atoms with Crippen LogP contribution in [0.25, 0.3) is 0 Å². The lowest BCUT2D eigenvalue weighted by atomic mass is 9.85. The molecule has 0 fully saturated rings. The number of rotatable bonds is 3. The third kappa shape index (κ3) is 3.50. The van der Waals surface area contributed by atoms with Gasteiger partial charge < -0.3 is 0 Å². The summed E-state index contributed by atoms with van der Waals surface area (Å²) in [5, 5.41) is 0. The first-order valence-electron chi connectivity index (χ1n) is 5.54. The zero-order valence-corrected chi connectivity index (χ0v) is 9.97. The van der Waals surface area contributed by atoms with Crippen LogP contribution in [0.4, 0.5) is 0 Å². The van der Waals surface area contributed by atoms with Crippen LogP contribution in [-0.2, 0) is 4.79 Å². The van der Waals surface area contributed by atoms with Gasteiger partial charge in [0.15, 0.2) is 5.78 Å². The second kappa shape index (κ2) is 5.11. The highest BCUT2D eigenvalue weighted by molar-refractivity contribution is 6.03. The van der Waals surface area contributed by atoms with Gasteiger partial charge in [-0.2, -0.15) is 0 Å². The first-order chi connectivity index (χ1) is 7.00. The maximum Gasteiger partial charge on any atom is 0.180 e. The van der Waals surface area contributed by atoms with Gasteiger partial charge in [-0.3, -0.25) is 4.79 Å². The van der Waals surface area contributed by atoms with E-state index < -0.39 is 0 Å². The molecule has 1 atom stereocenters. The van der Waals surface area contributed by atoms with Crippen molar-refractivity contribution in [3.05, 3.63) is 35.5 Å². The standard InChI is InChI=1S/C14H20O/c1-10(2)14(15)9-12(4)13-7-5-11(3)6-8-13/h5,9,13H,1,6-8H2,2-4H3/b12-9+. The molecular weight excluding hydrogens is 184 g/mol. The maximum atomic E-state index is 11.5. The number of ketones is 1. The zero-order chi connectivity index (χ0) is 11.4. The van der Waals surface area contributed by atoms with Gasteiger partial charge in [0.1, 0.15) is 0 Å². The number of hydrogen-bond donors (Lipinski definition) is 0. The molecule has 1 aliphatic rings. The van der Waals surface area contributed by atoms with E-state index in [1.807, 2.05) is 0 Å². The minimum atomic E-state index is 0.0683. The predicted octanol–water partition coefficient (Wildman–Crippen LogP) is 3.82. The monoisotopic (exact) mass is 204 g/mol. The van der Waals surface area contributed by atoms with Crippen molar-refractivity contribution in [2.45, 2.75) is 40.0 Å². The fourth-order valence-electron chi connectivity index (χ4n) is 1.83. The van der Waals surface area contributed by atoms with Crippen molar-refractivity contribution in [1.82, 2.24) is 0 Å². The number of carbonyl (C=O) groups excluding carboxylic acids is 1. The molecule has 0 aromatic carbocycles. The summed E-state index contributed by atoms with van der Waals surface area (Å²) in [6.45, 7) is 9.65. The summed E-state index contributed by atoms with van der Waals surface area (Å²) in [4.78, 5) is 11.5. The fraction of sp³-hybridized carbons (Fsp3) is 0.500. The van der Waals surface area contributed by atoms with Crippen molar-refractivity contribution >= 4 is 5.78 Å². The first kappa shape index (κ1) is 12.0. The fourth-order valence-corrected chi connectivity index (χ4v) is 1.83. The molecule has 0 aliphatic heterocycles. The topological polar surface area (TPSA) is 17.1 Å². The highest BCUT2D eigenvalue weighted by Crippen LogP contribution is 2.28. The van der Waals surface area contributed by atoms with Gasteiger partial charge in [0.2, 0.25) is 0 Å². The molecule has 1 unspecified atom stereocenters. The van der Waals surface area contributed by atoms with Crippen molar-refractivity contribution in [3.63, 3.8) is 0 Å². The molecule has 0 saturated carbocycles. The van der Waals surface area contributed by atoms with Gasteiger partial charge in [-0.05, 0) is 57.6 Å². The molecule has 1 rings (SSSR count). The van der Waals surface area contributed by atoms with Gasteiger partial charge in [-0.25, -0.2) is 0 Å². The summed E-state index contributed by atoms with van der Waals surface area (Å²) < 4.78 is 0. The molecule has 1 aliphatic carbocycles. The van der Waals surface area contributed by atoms with E-state index in [0.29, 0.717) is 11.5 Å². The Morgan fingerprint density at radius 2 is 2.20 bits per heavy atom. The summed E-state index contributed by atoms with van der Waals surface area (Å²) in [7, 11) is 0. The minimum absolute atomic E-state index is 0.0683. The Morgan fingerprint density at radius 1 is 1.53 bits per heavy atom. The van der Waals surface area contributed by atoms with Crippen LogP contribution >= 0.6 is 0 Å². The molecular formula is C14H20O. The van der Waals surface area contributed by atoms with Crippen molar-refractivity contribution in [2.75, 3.05) is 0 Å². The number of carbonyl (C=O) groups is 1. The summed E-state index contributed by atoms with van der Waals surface area (Å²) in [6, 6.07) is 0. The highest BCUT2D eigenvalue weighted by atomic mass is 16.1. The largest absolute Gasteiger partial charge is 0.290 e. The Morgan fingerprint density at radius 3 is 2.67 bits per heavy atom. The second-order valence-corrected chi connectivity index (χ2v) is 4.55. The Kier molecular flexibility index (Phi) is 4.07. The molecule has 0 aromatic rings. The van der Waals surface area contributed by atoms with Crippen LogP contribution in [0.5, 0.6) is 0 Å². The lowest BCUT2D eigenvalue weighted by Gasteiger charge is -2.21. The van der Waals surface area contributed by atoms with Gasteiger partial charge in [-0.1, -0.05) is 23.8 Å². The second-order valence-electron chi connectivity index (χ2n) is 4.55. The SMILES string of the molecule is C=C(C)C(=O)/C=C(\C)C1CC=C(C)CC1. The zero-order valence-electron chi connectivity index (χ0n) is 9.97. The van der Waals surface area contributed by atoms with Gasteiger partial charge >= 0.3 is 0 Å². The smallest absolute Gasteiger partial charge is 0.180 e. The molecule has 0 spiro atoms. The van der Waals surface area contributed by atoms with Crippen molar-refractivity contribution < 1.29 is 4.79 Å². The molecule has 0 aromatic heterocycles. The van der Waals surface area contributed by atoms with Gasteiger partial charge in [0, 0.05) is 0 Å². The van der Waals surface area contributed by atoms with Crippen LogP contribution in [0, 0.1) is 5.92 Å². The molecule has 0 amide bonds. The van der Waals surface area contributed by atoms with Gasteiger partial charge in [-0.15, -0.1) is 0 Å². The van der Waals surface area contributed by atoms with E-state index in [1.54, 1.807) is 13.0 Å². The van der Waals surface area contributed by atoms with Crippen LogP contribution in [0.2, 0.25) is 0 Å². The summed E-state index contributed by atoms with van der Waals surface area (Å²) in [5.41, 5.74) is 3.30. The van der Waals surface area contributed by atoms with Crippen molar-refractivity contribution in [1.29, 1.82) is 0 Å². The maximum absolute atomic E-state index is 11.5. The first-order valence-corrected chi connectivity index (χ1v) is 5.54. The molecule has 0 bridgehead atoms. The number of hydrogen-bond acceptors (Lipinski definition) is 1. The van der Waals surface area contributed by atoms with Gasteiger partial charge in [0.05, 0.1) is 0 Å². The van der Waals surface area contributed by atoms with Gasteiger partial charge in [0.25, 0.3) is 0 Å². The molecule has 15 heavy (non-hydrogen) atoms. The average molecular weight is 204 g/mol. The van der Waals surface area contributed by atoms with E-state index >= 15 is 0 Å². The minimum Gasteiger partial charge on any atom is -0.290 e. The quantitative estimate of drug-likeness (QED) is 0.504. The normalized spacial score (nSPS) is 22.2. The molecule has 0 N–H and O–H groups in total. The summed E-state index contributed by atoms with van der Waals surface area (Å²) in [5.74, 6) is 0.621. The molecule has 0 heterocycles. The van der Waals surface area contributed by atoms with E-state index in [-0.39, 0.29) is 5.78 Å².